The molecule has 1 aromatic rings. The lowest BCUT2D eigenvalue weighted by Gasteiger charge is -2.41. The third-order valence-electron chi connectivity index (χ3n) is 3.96. The molecule has 1 fully saturated rings. The standard InChI is InChI=1S/C15H24N2O/c1-2-18-15(9-5-3-6-10-15)14(16)12-13-8-4-7-11-17-13/h4,7-8,11,14H,2-3,5-6,9-10,12,16H2,1H3. The van der Waals surface area contributed by atoms with E-state index in [1.54, 1.807) is 0 Å². The highest BCUT2D eigenvalue weighted by molar-refractivity contribution is 5.08. The Labute approximate surface area is 110 Å². The van der Waals surface area contributed by atoms with Crippen LogP contribution in [0.3, 0.4) is 0 Å². The van der Waals surface area contributed by atoms with Crippen molar-refractivity contribution >= 4 is 0 Å². The van der Waals surface area contributed by atoms with E-state index in [9.17, 15) is 0 Å². The van der Waals surface area contributed by atoms with Gasteiger partial charge in [-0.3, -0.25) is 4.98 Å². The molecule has 1 aromatic heterocycles. The molecule has 3 nitrogen and oxygen atoms in total. The van der Waals surface area contributed by atoms with Crippen LogP contribution in [-0.4, -0.2) is 23.2 Å². The molecule has 1 atom stereocenters. The average Bonchev–Trinajstić information content (AvgIpc) is 2.41. The minimum atomic E-state index is -0.121. The average molecular weight is 248 g/mol. The Kier molecular flexibility index (Phi) is 4.72. The lowest BCUT2D eigenvalue weighted by molar-refractivity contribution is -0.0819. The second-order valence-corrected chi connectivity index (χ2v) is 5.19. The molecule has 1 unspecified atom stereocenters. The van der Waals surface area contributed by atoms with Gasteiger partial charge in [0, 0.05) is 31.0 Å². The summed E-state index contributed by atoms with van der Waals surface area (Å²) < 4.78 is 6.05. The summed E-state index contributed by atoms with van der Waals surface area (Å²) in [5.41, 5.74) is 7.38. The molecule has 1 heterocycles. The lowest BCUT2D eigenvalue weighted by Crippen LogP contribution is -2.52. The van der Waals surface area contributed by atoms with Gasteiger partial charge in [-0.2, -0.15) is 0 Å². The van der Waals surface area contributed by atoms with Gasteiger partial charge in [0.05, 0.1) is 5.60 Å². The smallest absolute Gasteiger partial charge is 0.0836 e. The normalized spacial score (nSPS) is 20.6. The summed E-state index contributed by atoms with van der Waals surface area (Å²) in [5, 5.41) is 0. The van der Waals surface area contributed by atoms with Gasteiger partial charge in [0.1, 0.15) is 0 Å². The third-order valence-corrected chi connectivity index (χ3v) is 3.96. The van der Waals surface area contributed by atoms with E-state index < -0.39 is 0 Å². The monoisotopic (exact) mass is 248 g/mol. The number of nitrogens with zero attached hydrogens (tertiary/aromatic N) is 1. The van der Waals surface area contributed by atoms with Gasteiger partial charge in [0.2, 0.25) is 0 Å². The number of rotatable bonds is 5. The first-order valence-electron chi connectivity index (χ1n) is 7.06. The molecule has 1 aliphatic rings. The highest BCUT2D eigenvalue weighted by Gasteiger charge is 2.38. The van der Waals surface area contributed by atoms with Gasteiger partial charge in [-0.15, -0.1) is 0 Å². The van der Waals surface area contributed by atoms with Crippen LogP contribution in [0.5, 0.6) is 0 Å². The molecule has 0 aromatic carbocycles. The summed E-state index contributed by atoms with van der Waals surface area (Å²) in [4.78, 5) is 4.37. The van der Waals surface area contributed by atoms with E-state index in [1.807, 2.05) is 24.4 Å². The van der Waals surface area contributed by atoms with Crippen LogP contribution in [0, 0.1) is 0 Å². The molecule has 18 heavy (non-hydrogen) atoms. The number of pyridine rings is 1. The number of nitrogens with two attached hydrogens (primary N) is 1. The van der Waals surface area contributed by atoms with Crippen LogP contribution < -0.4 is 5.73 Å². The summed E-state index contributed by atoms with van der Waals surface area (Å²) in [5.74, 6) is 0. The largest absolute Gasteiger partial charge is 0.374 e. The molecular weight excluding hydrogens is 224 g/mol. The molecule has 0 saturated heterocycles. The predicted octanol–water partition coefficient (Wildman–Crippen LogP) is 2.69. The summed E-state index contributed by atoms with van der Waals surface area (Å²) in [7, 11) is 0. The number of aromatic nitrogens is 1. The molecule has 2 N–H and O–H groups in total. The van der Waals surface area contributed by atoms with Crippen molar-refractivity contribution in [2.45, 2.75) is 57.1 Å². The van der Waals surface area contributed by atoms with Gasteiger partial charge < -0.3 is 10.5 Å². The van der Waals surface area contributed by atoms with Gasteiger partial charge in [0.15, 0.2) is 0 Å². The van der Waals surface area contributed by atoms with E-state index >= 15 is 0 Å². The summed E-state index contributed by atoms with van der Waals surface area (Å²) >= 11 is 0. The Hall–Kier alpha value is -0.930. The molecule has 3 heteroatoms. The zero-order valence-electron chi connectivity index (χ0n) is 11.3. The van der Waals surface area contributed by atoms with Gasteiger partial charge in [-0.25, -0.2) is 0 Å². The van der Waals surface area contributed by atoms with Gasteiger partial charge >= 0.3 is 0 Å². The predicted molar refractivity (Wildman–Crippen MR) is 73.4 cm³/mol. The van der Waals surface area contributed by atoms with Crippen LogP contribution in [0.4, 0.5) is 0 Å². The van der Waals surface area contributed by atoms with Crippen LogP contribution in [-0.2, 0) is 11.2 Å². The maximum Gasteiger partial charge on any atom is 0.0836 e. The van der Waals surface area contributed by atoms with E-state index in [-0.39, 0.29) is 11.6 Å². The zero-order chi connectivity index (χ0) is 12.8. The summed E-state index contributed by atoms with van der Waals surface area (Å²) in [6.45, 7) is 2.81. The topological polar surface area (TPSA) is 48.1 Å². The van der Waals surface area contributed by atoms with Crippen molar-refractivity contribution in [1.29, 1.82) is 0 Å². The maximum absolute atomic E-state index is 6.44. The van der Waals surface area contributed by atoms with E-state index in [1.165, 1.54) is 19.3 Å². The van der Waals surface area contributed by atoms with Gasteiger partial charge in [-0.1, -0.05) is 25.3 Å². The second-order valence-electron chi connectivity index (χ2n) is 5.19. The Morgan fingerprint density at radius 3 is 2.72 bits per heavy atom. The Bertz CT molecular complexity index is 341. The Balaban J connectivity index is 2.05. The minimum absolute atomic E-state index is 0.0487. The quantitative estimate of drug-likeness (QED) is 0.871. The first-order valence-corrected chi connectivity index (χ1v) is 7.06. The van der Waals surface area contributed by atoms with Crippen molar-refractivity contribution < 1.29 is 4.74 Å². The molecule has 0 spiro atoms. The first kappa shape index (κ1) is 13.5. The summed E-state index contributed by atoms with van der Waals surface area (Å²) in [6.07, 6.45) is 8.60. The molecule has 100 valence electrons. The van der Waals surface area contributed by atoms with Crippen LogP contribution in [0.15, 0.2) is 24.4 Å². The van der Waals surface area contributed by atoms with E-state index in [4.69, 9.17) is 10.5 Å². The fraction of sp³-hybridized carbons (Fsp3) is 0.667. The first-order chi connectivity index (χ1) is 8.77. The van der Waals surface area contributed by atoms with Crippen molar-refractivity contribution in [1.82, 2.24) is 4.98 Å². The van der Waals surface area contributed by atoms with Crippen LogP contribution >= 0.6 is 0 Å². The van der Waals surface area contributed by atoms with E-state index in [0.29, 0.717) is 0 Å². The fourth-order valence-electron chi connectivity index (χ4n) is 2.99. The third kappa shape index (κ3) is 3.09. The van der Waals surface area contributed by atoms with Crippen LogP contribution in [0.1, 0.15) is 44.7 Å². The minimum Gasteiger partial charge on any atom is -0.374 e. The molecule has 0 amide bonds. The van der Waals surface area contributed by atoms with Crippen molar-refractivity contribution in [3.05, 3.63) is 30.1 Å². The Morgan fingerprint density at radius 2 is 2.11 bits per heavy atom. The molecule has 1 aliphatic carbocycles. The molecular formula is C15H24N2O. The van der Waals surface area contributed by atoms with Crippen molar-refractivity contribution in [2.24, 2.45) is 5.73 Å². The van der Waals surface area contributed by atoms with Crippen molar-refractivity contribution in [3.8, 4) is 0 Å². The number of hydrogen-bond acceptors (Lipinski definition) is 3. The molecule has 0 bridgehead atoms. The van der Waals surface area contributed by atoms with Crippen LogP contribution in [0.2, 0.25) is 0 Å². The second kappa shape index (κ2) is 6.30. The number of ether oxygens (including phenoxy) is 1. The highest BCUT2D eigenvalue weighted by Crippen LogP contribution is 2.34. The fourth-order valence-corrected chi connectivity index (χ4v) is 2.99. The zero-order valence-corrected chi connectivity index (χ0v) is 11.3. The molecule has 0 aliphatic heterocycles. The molecule has 1 saturated carbocycles. The molecule has 0 radical (unpaired) electrons. The number of hydrogen-bond donors (Lipinski definition) is 1. The van der Waals surface area contributed by atoms with Crippen molar-refractivity contribution in [2.75, 3.05) is 6.61 Å². The van der Waals surface area contributed by atoms with Crippen molar-refractivity contribution in [3.63, 3.8) is 0 Å². The Morgan fingerprint density at radius 1 is 1.33 bits per heavy atom. The van der Waals surface area contributed by atoms with Gasteiger partial charge in [0.25, 0.3) is 0 Å². The lowest BCUT2D eigenvalue weighted by atomic mass is 9.78. The maximum atomic E-state index is 6.44. The van der Waals surface area contributed by atoms with Gasteiger partial charge in [-0.05, 0) is 31.9 Å². The van der Waals surface area contributed by atoms with Crippen LogP contribution in [0.25, 0.3) is 0 Å². The SMILES string of the molecule is CCOC1(C(N)Cc2ccccn2)CCCCC1. The van der Waals surface area contributed by atoms with E-state index in [0.717, 1.165) is 31.6 Å². The van der Waals surface area contributed by atoms with E-state index in [2.05, 4.69) is 11.9 Å². The summed E-state index contributed by atoms with van der Waals surface area (Å²) in [6, 6.07) is 6.05. The highest BCUT2D eigenvalue weighted by atomic mass is 16.5. The molecule has 2 rings (SSSR count).